The van der Waals surface area contributed by atoms with Gasteiger partial charge in [0, 0.05) is 39.8 Å². The topological polar surface area (TPSA) is 40.1 Å². The van der Waals surface area contributed by atoms with Gasteiger partial charge in [0.25, 0.3) is 0 Å². The molecule has 0 spiro atoms. The van der Waals surface area contributed by atoms with E-state index in [4.69, 9.17) is 4.74 Å². The first kappa shape index (κ1) is 20.4. The molecule has 1 aromatic rings. The number of benzene rings is 1. The first-order valence-electron chi connectivity index (χ1n) is 8.86. The first-order valence-corrected chi connectivity index (χ1v) is 8.86. The molecule has 26 heavy (non-hydrogen) atoms. The summed E-state index contributed by atoms with van der Waals surface area (Å²) in [4.78, 5) is 7.70. The zero-order valence-corrected chi connectivity index (χ0v) is 15.3. The van der Waals surface area contributed by atoms with Gasteiger partial charge in [0.05, 0.1) is 6.61 Å². The first-order chi connectivity index (χ1) is 12.4. The molecule has 0 bridgehead atoms. The van der Waals surface area contributed by atoms with Gasteiger partial charge in [-0.25, -0.2) is 0 Å². The Morgan fingerprint density at radius 1 is 1.19 bits per heavy atom. The highest BCUT2D eigenvalue weighted by molar-refractivity contribution is 5.79. The summed E-state index contributed by atoms with van der Waals surface area (Å²) >= 11 is 0. The summed E-state index contributed by atoms with van der Waals surface area (Å²) in [6.07, 6.45) is -3.38. The molecule has 5 nitrogen and oxygen atoms in total. The second-order valence-electron chi connectivity index (χ2n) is 6.23. The molecule has 1 atom stereocenters. The average Bonchev–Trinajstić information content (AvgIpc) is 2.64. The van der Waals surface area contributed by atoms with Crippen LogP contribution < -0.4 is 10.1 Å². The van der Waals surface area contributed by atoms with E-state index < -0.39 is 12.2 Å². The lowest BCUT2D eigenvalue weighted by Crippen LogP contribution is -2.56. The van der Waals surface area contributed by atoms with Crippen LogP contribution in [0.5, 0.6) is 5.75 Å². The van der Waals surface area contributed by atoms with Crippen LogP contribution in [0.4, 0.5) is 13.2 Å². The van der Waals surface area contributed by atoms with E-state index in [2.05, 4.69) is 10.3 Å². The van der Waals surface area contributed by atoms with E-state index in [-0.39, 0.29) is 0 Å². The maximum atomic E-state index is 12.8. The number of nitrogens with one attached hydrogen (secondary N) is 1. The highest BCUT2D eigenvalue weighted by Gasteiger charge is 2.41. The molecule has 1 aromatic carbocycles. The second kappa shape index (κ2) is 9.66. The van der Waals surface area contributed by atoms with Gasteiger partial charge < -0.3 is 15.0 Å². The third-order valence-corrected chi connectivity index (χ3v) is 4.46. The lowest BCUT2D eigenvalue weighted by molar-refractivity contribution is -0.181. The van der Waals surface area contributed by atoms with Gasteiger partial charge in [-0.2, -0.15) is 13.2 Å². The Balaban J connectivity index is 1.68. The van der Waals surface area contributed by atoms with Crippen molar-refractivity contribution >= 4 is 5.96 Å². The summed E-state index contributed by atoms with van der Waals surface area (Å²) < 4.78 is 44.1. The number of alkyl halides is 3. The van der Waals surface area contributed by atoms with Crippen molar-refractivity contribution in [3.63, 3.8) is 0 Å². The molecule has 0 saturated carbocycles. The number of ether oxygens (including phenoxy) is 1. The smallest absolute Gasteiger partial charge is 0.403 e. The zero-order valence-electron chi connectivity index (χ0n) is 15.3. The number of aliphatic imine (C=N–C) groups is 1. The number of hydrogen-bond acceptors (Lipinski definition) is 3. The Labute approximate surface area is 152 Å². The minimum Gasteiger partial charge on any atom is -0.494 e. The Morgan fingerprint density at radius 3 is 2.42 bits per heavy atom. The minimum atomic E-state index is -4.18. The van der Waals surface area contributed by atoms with Crippen LogP contribution in [0.2, 0.25) is 0 Å². The van der Waals surface area contributed by atoms with Crippen molar-refractivity contribution in [3.05, 3.63) is 30.3 Å². The lowest BCUT2D eigenvalue weighted by atomic mass is 10.2. The molecule has 1 unspecified atom stereocenters. The van der Waals surface area contributed by atoms with Gasteiger partial charge in [-0.1, -0.05) is 18.2 Å². The maximum Gasteiger partial charge on any atom is 0.403 e. The summed E-state index contributed by atoms with van der Waals surface area (Å²) in [7, 11) is 1.69. The second-order valence-corrected chi connectivity index (χ2v) is 6.23. The lowest BCUT2D eigenvalue weighted by Gasteiger charge is -2.39. The molecule has 1 aliphatic heterocycles. The standard InChI is InChI=1S/C18H27F3N4O/c1-15(18(19,20)21)24-10-12-25(13-11-24)17(22-2)23-9-6-14-26-16-7-4-3-5-8-16/h3-5,7-8,15H,6,9-14H2,1-2H3,(H,22,23). The summed E-state index contributed by atoms with van der Waals surface area (Å²) in [5.74, 6) is 1.57. The molecule has 0 aromatic heterocycles. The molecule has 0 amide bonds. The number of rotatable bonds is 6. The molecule has 0 aliphatic carbocycles. The number of halogens is 3. The SMILES string of the molecule is CN=C(NCCCOc1ccccc1)N1CCN(C(C)C(F)(F)F)CC1. The molecular weight excluding hydrogens is 345 g/mol. The predicted molar refractivity (Wildman–Crippen MR) is 96.6 cm³/mol. The van der Waals surface area contributed by atoms with Crippen LogP contribution in [0.3, 0.4) is 0 Å². The molecule has 0 radical (unpaired) electrons. The van der Waals surface area contributed by atoms with E-state index in [1.807, 2.05) is 35.2 Å². The number of para-hydroxylation sites is 1. The van der Waals surface area contributed by atoms with Crippen LogP contribution in [-0.4, -0.2) is 74.4 Å². The molecule has 1 fully saturated rings. The van der Waals surface area contributed by atoms with Gasteiger partial charge in [-0.05, 0) is 25.5 Å². The molecule has 8 heteroatoms. The van der Waals surface area contributed by atoms with Crippen LogP contribution >= 0.6 is 0 Å². The van der Waals surface area contributed by atoms with Crippen LogP contribution in [-0.2, 0) is 0 Å². The fourth-order valence-electron chi connectivity index (χ4n) is 2.84. The summed E-state index contributed by atoms with van der Waals surface area (Å²) in [5, 5.41) is 3.25. The van der Waals surface area contributed by atoms with E-state index in [1.165, 1.54) is 11.8 Å². The molecule has 1 N–H and O–H groups in total. The monoisotopic (exact) mass is 372 g/mol. The largest absolute Gasteiger partial charge is 0.494 e. The van der Waals surface area contributed by atoms with Gasteiger partial charge in [0.1, 0.15) is 11.8 Å². The number of piperazine rings is 1. The summed E-state index contributed by atoms with van der Waals surface area (Å²) in [6.45, 7) is 4.30. The Morgan fingerprint density at radius 2 is 1.85 bits per heavy atom. The van der Waals surface area contributed by atoms with Crippen LogP contribution in [0.25, 0.3) is 0 Å². The van der Waals surface area contributed by atoms with Crippen LogP contribution in [0, 0.1) is 0 Å². The highest BCUT2D eigenvalue weighted by atomic mass is 19.4. The Bertz CT molecular complexity index is 557. The summed E-state index contributed by atoms with van der Waals surface area (Å²) in [6, 6.07) is 8.20. The van der Waals surface area contributed by atoms with Crippen molar-refractivity contribution in [1.82, 2.24) is 15.1 Å². The van der Waals surface area contributed by atoms with Crippen molar-refractivity contribution in [3.8, 4) is 5.75 Å². The normalized spacial score (nSPS) is 17.9. The average molecular weight is 372 g/mol. The predicted octanol–water partition coefficient (Wildman–Crippen LogP) is 2.60. The number of hydrogen-bond donors (Lipinski definition) is 1. The third-order valence-electron chi connectivity index (χ3n) is 4.46. The van der Waals surface area contributed by atoms with Gasteiger partial charge in [0.2, 0.25) is 0 Å². The van der Waals surface area contributed by atoms with Crippen molar-refractivity contribution in [1.29, 1.82) is 0 Å². The molecular formula is C18H27F3N4O. The third kappa shape index (κ3) is 6.09. The van der Waals surface area contributed by atoms with Gasteiger partial charge in [0.15, 0.2) is 5.96 Å². The fourth-order valence-corrected chi connectivity index (χ4v) is 2.84. The summed E-state index contributed by atoms with van der Waals surface area (Å²) in [5.41, 5.74) is 0. The quantitative estimate of drug-likeness (QED) is 0.473. The van der Waals surface area contributed by atoms with Gasteiger partial charge in [-0.3, -0.25) is 9.89 Å². The van der Waals surface area contributed by atoms with E-state index in [0.717, 1.165) is 18.1 Å². The van der Waals surface area contributed by atoms with Crippen LogP contribution in [0.15, 0.2) is 35.3 Å². The van der Waals surface area contributed by atoms with Crippen molar-refractivity contribution in [2.45, 2.75) is 25.6 Å². The van der Waals surface area contributed by atoms with E-state index in [0.29, 0.717) is 39.3 Å². The fraction of sp³-hybridized carbons (Fsp3) is 0.611. The zero-order chi connectivity index (χ0) is 19.0. The number of nitrogens with zero attached hydrogens (tertiary/aromatic N) is 3. The minimum absolute atomic E-state index is 0.374. The van der Waals surface area contributed by atoms with Crippen molar-refractivity contribution < 1.29 is 17.9 Å². The Kier molecular flexibility index (Phi) is 7.56. The van der Waals surface area contributed by atoms with E-state index in [9.17, 15) is 13.2 Å². The van der Waals surface area contributed by atoms with Crippen molar-refractivity contribution in [2.24, 2.45) is 4.99 Å². The van der Waals surface area contributed by atoms with Crippen LogP contribution in [0.1, 0.15) is 13.3 Å². The van der Waals surface area contributed by atoms with Gasteiger partial charge in [-0.15, -0.1) is 0 Å². The highest BCUT2D eigenvalue weighted by Crippen LogP contribution is 2.25. The maximum absolute atomic E-state index is 12.8. The molecule has 1 saturated heterocycles. The van der Waals surface area contributed by atoms with Gasteiger partial charge >= 0.3 is 6.18 Å². The number of guanidine groups is 1. The molecule has 1 aliphatic rings. The Hall–Kier alpha value is -1.96. The van der Waals surface area contributed by atoms with E-state index in [1.54, 1.807) is 7.05 Å². The molecule has 146 valence electrons. The molecule has 2 rings (SSSR count). The molecule has 1 heterocycles. The van der Waals surface area contributed by atoms with Crippen molar-refractivity contribution in [2.75, 3.05) is 46.4 Å². The van der Waals surface area contributed by atoms with E-state index >= 15 is 0 Å².